The van der Waals surface area contributed by atoms with Crippen LogP contribution in [0.15, 0.2) is 60.8 Å². The third-order valence-corrected chi connectivity index (χ3v) is 5.34. The molecule has 5 heteroatoms. The van der Waals surface area contributed by atoms with Crippen LogP contribution in [0.4, 0.5) is 5.95 Å². The highest BCUT2D eigenvalue weighted by Gasteiger charge is 2.11. The van der Waals surface area contributed by atoms with Gasteiger partial charge < -0.3 is 10.3 Å². The van der Waals surface area contributed by atoms with Gasteiger partial charge in [-0.3, -0.25) is 4.98 Å². The summed E-state index contributed by atoms with van der Waals surface area (Å²) in [7, 11) is 0. The third-order valence-electron chi connectivity index (χ3n) is 5.08. The van der Waals surface area contributed by atoms with E-state index in [0.29, 0.717) is 12.0 Å². The highest BCUT2D eigenvalue weighted by Crippen LogP contribution is 2.26. The molecule has 0 fully saturated rings. The summed E-state index contributed by atoms with van der Waals surface area (Å²) in [6.07, 6.45) is 1.89. The smallest absolute Gasteiger partial charge is 0.201 e. The zero-order chi connectivity index (χ0) is 19.7. The van der Waals surface area contributed by atoms with E-state index in [1.54, 1.807) is 0 Å². The van der Waals surface area contributed by atoms with Gasteiger partial charge in [0.25, 0.3) is 0 Å². The summed E-state index contributed by atoms with van der Waals surface area (Å²) >= 11 is 5.97. The zero-order valence-corrected chi connectivity index (χ0v) is 17.0. The van der Waals surface area contributed by atoms with Crippen LogP contribution in [-0.4, -0.2) is 21.0 Å². The number of rotatable bonds is 5. The number of hydrogen-bond donors (Lipinski definition) is 2. The van der Waals surface area contributed by atoms with Crippen molar-refractivity contribution in [1.82, 2.24) is 15.0 Å². The van der Waals surface area contributed by atoms with Gasteiger partial charge in [-0.1, -0.05) is 49.7 Å². The van der Waals surface area contributed by atoms with E-state index in [9.17, 15) is 0 Å². The fraction of sp³-hybridized carbons (Fsp3) is 0.217. The number of fused-ring (bicyclic) bond motifs is 1. The fourth-order valence-corrected chi connectivity index (χ4v) is 3.12. The number of benzene rings is 2. The van der Waals surface area contributed by atoms with Crippen LogP contribution in [0, 0.1) is 5.92 Å². The average molecular weight is 391 g/mol. The molecule has 142 valence electrons. The minimum atomic E-state index is 0.349. The summed E-state index contributed by atoms with van der Waals surface area (Å²) in [5, 5.41) is 4.16. The number of aromatic nitrogens is 3. The first-order valence-electron chi connectivity index (χ1n) is 9.48. The summed E-state index contributed by atoms with van der Waals surface area (Å²) in [6, 6.07) is 18.4. The maximum atomic E-state index is 5.97. The van der Waals surface area contributed by atoms with Crippen molar-refractivity contribution < 1.29 is 0 Å². The van der Waals surface area contributed by atoms with E-state index in [-0.39, 0.29) is 0 Å². The summed E-state index contributed by atoms with van der Waals surface area (Å²) < 4.78 is 0. The van der Waals surface area contributed by atoms with Crippen LogP contribution in [0.1, 0.15) is 20.8 Å². The molecule has 0 saturated heterocycles. The molecule has 1 atom stereocenters. The number of nitrogens with zero attached hydrogens (tertiary/aromatic N) is 2. The average Bonchev–Trinajstić information content (AvgIpc) is 3.10. The molecule has 2 heterocycles. The molecular weight excluding hydrogens is 368 g/mol. The lowest BCUT2D eigenvalue weighted by Crippen LogP contribution is -2.22. The molecule has 2 aromatic heterocycles. The Kier molecular flexibility index (Phi) is 5.05. The van der Waals surface area contributed by atoms with E-state index < -0.39 is 0 Å². The molecule has 28 heavy (non-hydrogen) atoms. The van der Waals surface area contributed by atoms with Crippen molar-refractivity contribution in [3.63, 3.8) is 0 Å². The third kappa shape index (κ3) is 3.87. The van der Waals surface area contributed by atoms with E-state index >= 15 is 0 Å². The second-order valence-electron chi connectivity index (χ2n) is 7.43. The van der Waals surface area contributed by atoms with Gasteiger partial charge in [0, 0.05) is 28.4 Å². The van der Waals surface area contributed by atoms with Crippen molar-refractivity contribution in [2.75, 3.05) is 5.32 Å². The van der Waals surface area contributed by atoms with E-state index in [2.05, 4.69) is 65.3 Å². The maximum Gasteiger partial charge on any atom is 0.201 e. The van der Waals surface area contributed by atoms with Gasteiger partial charge >= 0.3 is 0 Å². The van der Waals surface area contributed by atoms with E-state index in [4.69, 9.17) is 11.6 Å². The van der Waals surface area contributed by atoms with Crippen molar-refractivity contribution in [2.24, 2.45) is 5.92 Å². The summed E-state index contributed by atoms with van der Waals surface area (Å²) in [5.41, 5.74) is 6.08. The van der Waals surface area contributed by atoms with E-state index in [0.717, 1.165) is 44.4 Å². The molecule has 2 aromatic carbocycles. The molecule has 0 bridgehead atoms. The SMILES string of the molecule is CC(C)C(C)Nc1nc2cc(-c3ccc(-c4ccc(Cl)cc4)cn3)ccc2[nH]1. The summed E-state index contributed by atoms with van der Waals surface area (Å²) in [5.74, 6) is 1.34. The minimum absolute atomic E-state index is 0.349. The largest absolute Gasteiger partial charge is 0.353 e. The lowest BCUT2D eigenvalue weighted by molar-refractivity contribution is 0.557. The summed E-state index contributed by atoms with van der Waals surface area (Å²) in [4.78, 5) is 12.7. The Morgan fingerprint density at radius 3 is 2.29 bits per heavy atom. The number of anilines is 1. The molecule has 4 aromatic rings. The number of pyridine rings is 1. The van der Waals surface area contributed by atoms with Crippen LogP contribution < -0.4 is 5.32 Å². The molecule has 4 rings (SSSR count). The fourth-order valence-electron chi connectivity index (χ4n) is 2.99. The van der Waals surface area contributed by atoms with Crippen molar-refractivity contribution in [1.29, 1.82) is 0 Å². The van der Waals surface area contributed by atoms with Crippen LogP contribution in [0.2, 0.25) is 5.02 Å². The number of aromatic amines is 1. The molecule has 1 unspecified atom stereocenters. The number of hydrogen-bond acceptors (Lipinski definition) is 3. The molecule has 0 aliphatic carbocycles. The first-order chi connectivity index (χ1) is 13.5. The van der Waals surface area contributed by atoms with Crippen LogP contribution in [0.5, 0.6) is 0 Å². The normalized spacial score (nSPS) is 12.5. The number of nitrogens with one attached hydrogen (secondary N) is 2. The molecule has 0 aliphatic heterocycles. The molecule has 4 nitrogen and oxygen atoms in total. The predicted octanol–water partition coefficient (Wildman–Crippen LogP) is 6.40. The zero-order valence-electron chi connectivity index (χ0n) is 16.2. The molecule has 0 amide bonds. The number of imidazole rings is 1. The van der Waals surface area contributed by atoms with Crippen LogP contribution >= 0.6 is 11.6 Å². The Labute approximate surface area is 170 Å². The lowest BCUT2D eigenvalue weighted by Gasteiger charge is -2.16. The summed E-state index contributed by atoms with van der Waals surface area (Å²) in [6.45, 7) is 6.55. The van der Waals surface area contributed by atoms with Gasteiger partial charge in [0.05, 0.1) is 16.7 Å². The van der Waals surface area contributed by atoms with Crippen molar-refractivity contribution >= 4 is 28.6 Å². The Morgan fingerprint density at radius 2 is 1.61 bits per heavy atom. The molecule has 0 spiro atoms. The topological polar surface area (TPSA) is 53.6 Å². The van der Waals surface area contributed by atoms with E-state index in [1.165, 1.54) is 0 Å². The second kappa shape index (κ2) is 7.64. The first-order valence-corrected chi connectivity index (χ1v) is 9.86. The number of H-pyrrole nitrogens is 1. The maximum absolute atomic E-state index is 5.97. The Morgan fingerprint density at radius 1 is 0.893 bits per heavy atom. The minimum Gasteiger partial charge on any atom is -0.353 e. The number of halogens is 1. The standard InChI is InChI=1S/C23H23ClN4/c1-14(2)15(3)26-23-27-21-11-6-17(12-22(21)28-23)20-10-7-18(13-25-20)16-4-8-19(24)9-5-16/h4-15H,1-3H3,(H2,26,27,28). The molecule has 0 radical (unpaired) electrons. The van der Waals surface area contributed by atoms with Crippen molar-refractivity contribution in [3.05, 3.63) is 65.8 Å². The highest BCUT2D eigenvalue weighted by atomic mass is 35.5. The Balaban J connectivity index is 1.59. The predicted molar refractivity (Wildman–Crippen MR) is 118 cm³/mol. The molecule has 2 N–H and O–H groups in total. The molecule has 0 saturated carbocycles. The van der Waals surface area contributed by atoms with Crippen molar-refractivity contribution in [2.45, 2.75) is 26.8 Å². The van der Waals surface area contributed by atoms with Crippen molar-refractivity contribution in [3.8, 4) is 22.4 Å². The quantitative estimate of drug-likeness (QED) is 0.414. The van der Waals surface area contributed by atoms with Crippen LogP contribution in [-0.2, 0) is 0 Å². The van der Waals surface area contributed by atoms with Gasteiger partial charge in [-0.2, -0.15) is 0 Å². The van der Waals surface area contributed by atoms with Crippen LogP contribution in [0.25, 0.3) is 33.4 Å². The van der Waals surface area contributed by atoms with Gasteiger partial charge in [-0.05, 0) is 48.7 Å². The molecule has 0 aliphatic rings. The van der Waals surface area contributed by atoms with Gasteiger partial charge in [0.15, 0.2) is 0 Å². The Bertz CT molecular complexity index is 1080. The van der Waals surface area contributed by atoms with Crippen LogP contribution in [0.3, 0.4) is 0 Å². The highest BCUT2D eigenvalue weighted by molar-refractivity contribution is 6.30. The lowest BCUT2D eigenvalue weighted by atomic mass is 10.1. The monoisotopic (exact) mass is 390 g/mol. The Hall–Kier alpha value is -2.85. The molecular formula is C23H23ClN4. The van der Waals surface area contributed by atoms with Gasteiger partial charge in [0.2, 0.25) is 5.95 Å². The van der Waals surface area contributed by atoms with Gasteiger partial charge in [-0.25, -0.2) is 4.98 Å². The van der Waals surface area contributed by atoms with Gasteiger partial charge in [0.1, 0.15) is 0 Å². The second-order valence-corrected chi connectivity index (χ2v) is 7.87. The first kappa shape index (κ1) is 18.5. The van der Waals surface area contributed by atoms with E-state index in [1.807, 2.05) is 36.5 Å². The van der Waals surface area contributed by atoms with Gasteiger partial charge in [-0.15, -0.1) is 0 Å².